The summed E-state index contributed by atoms with van der Waals surface area (Å²) in [6.45, 7) is 3.95. The van der Waals surface area contributed by atoms with E-state index in [1.54, 1.807) is 16.8 Å². The predicted molar refractivity (Wildman–Crippen MR) is 94.1 cm³/mol. The molecule has 1 aliphatic carbocycles. The van der Waals surface area contributed by atoms with Crippen LogP contribution in [-0.4, -0.2) is 36.7 Å². The molecule has 0 fully saturated rings. The third kappa shape index (κ3) is 4.27. The number of fused-ring (bicyclic) bond motifs is 1. The molecule has 0 bridgehead atoms. The number of benzene rings is 1. The van der Waals surface area contributed by atoms with Crippen molar-refractivity contribution in [2.45, 2.75) is 45.0 Å². The van der Waals surface area contributed by atoms with Gasteiger partial charge in [0.2, 0.25) is 0 Å². The maximum atomic E-state index is 13.2. The largest absolute Gasteiger partial charge is 0.378 e. The van der Waals surface area contributed by atoms with Crippen molar-refractivity contribution in [2.75, 3.05) is 12.4 Å². The monoisotopic (exact) mass is 366 g/mol. The summed E-state index contributed by atoms with van der Waals surface area (Å²) in [6.07, 6.45) is 2.69. The Balaban J connectivity index is 1.83. The Bertz CT molecular complexity index is 842. The highest BCUT2D eigenvalue weighted by molar-refractivity contribution is 7.90. The van der Waals surface area contributed by atoms with Crippen molar-refractivity contribution in [2.24, 2.45) is 0 Å². The summed E-state index contributed by atoms with van der Waals surface area (Å²) >= 11 is 0. The van der Waals surface area contributed by atoms with Crippen LogP contribution < -0.4 is 0 Å². The molecule has 25 heavy (non-hydrogen) atoms. The van der Waals surface area contributed by atoms with E-state index < -0.39 is 9.84 Å². The van der Waals surface area contributed by atoms with Gasteiger partial charge in [0.1, 0.15) is 5.82 Å². The standard InChI is InChI=1S/C18H23FN2O3S/c1-13(2)24-10-11-25(22,23)12-17-16-4-3-5-18(16)21(20-17)15-8-6-14(19)7-9-15/h6-9,13H,3-5,10-12H2,1-2H3. The van der Waals surface area contributed by atoms with Gasteiger partial charge in [0.15, 0.2) is 9.84 Å². The summed E-state index contributed by atoms with van der Waals surface area (Å²) in [6, 6.07) is 6.10. The van der Waals surface area contributed by atoms with Gasteiger partial charge in [-0.2, -0.15) is 5.10 Å². The minimum atomic E-state index is -3.29. The number of ether oxygens (including phenoxy) is 1. The van der Waals surface area contributed by atoms with Crippen molar-refractivity contribution >= 4 is 9.84 Å². The van der Waals surface area contributed by atoms with Crippen LogP contribution in [0.4, 0.5) is 4.39 Å². The van der Waals surface area contributed by atoms with Crippen LogP contribution in [-0.2, 0) is 33.2 Å². The number of halogens is 1. The summed E-state index contributed by atoms with van der Waals surface area (Å²) in [5.41, 5.74) is 3.43. The predicted octanol–water partition coefficient (Wildman–Crippen LogP) is 2.84. The molecule has 0 saturated carbocycles. The molecular weight excluding hydrogens is 343 g/mol. The molecule has 0 radical (unpaired) electrons. The zero-order chi connectivity index (χ0) is 18.0. The van der Waals surface area contributed by atoms with Gasteiger partial charge in [-0.05, 0) is 62.9 Å². The molecule has 5 nitrogen and oxygen atoms in total. The highest BCUT2D eigenvalue weighted by atomic mass is 32.2. The average Bonchev–Trinajstić information content (AvgIpc) is 3.11. The number of rotatable bonds is 7. The first-order valence-electron chi connectivity index (χ1n) is 8.53. The van der Waals surface area contributed by atoms with E-state index in [1.807, 2.05) is 13.8 Å². The Labute approximate surface area is 147 Å². The van der Waals surface area contributed by atoms with Gasteiger partial charge in [0, 0.05) is 5.69 Å². The molecule has 3 rings (SSSR count). The van der Waals surface area contributed by atoms with Gasteiger partial charge in [-0.1, -0.05) is 0 Å². The molecule has 0 amide bonds. The minimum absolute atomic E-state index is 0.0106. The molecule has 1 aromatic carbocycles. The number of hydrogen-bond donors (Lipinski definition) is 0. The highest BCUT2D eigenvalue weighted by Gasteiger charge is 2.26. The minimum Gasteiger partial charge on any atom is -0.378 e. The zero-order valence-electron chi connectivity index (χ0n) is 14.5. The molecule has 0 aliphatic heterocycles. The molecule has 7 heteroatoms. The molecule has 0 spiro atoms. The van der Waals surface area contributed by atoms with Crippen molar-refractivity contribution in [3.8, 4) is 5.69 Å². The molecular formula is C18H23FN2O3S. The van der Waals surface area contributed by atoms with Crippen LogP contribution in [0.5, 0.6) is 0 Å². The SMILES string of the molecule is CC(C)OCCS(=O)(=O)Cc1nn(-c2ccc(F)cc2)c2c1CCC2. The summed E-state index contributed by atoms with van der Waals surface area (Å²) in [7, 11) is -3.29. The lowest BCUT2D eigenvalue weighted by molar-refractivity contribution is 0.0912. The smallest absolute Gasteiger partial charge is 0.158 e. The Morgan fingerprint density at radius 3 is 2.64 bits per heavy atom. The molecule has 136 valence electrons. The topological polar surface area (TPSA) is 61.2 Å². The van der Waals surface area contributed by atoms with Crippen LogP contribution in [0.15, 0.2) is 24.3 Å². The number of nitrogens with zero attached hydrogens (tertiary/aromatic N) is 2. The summed E-state index contributed by atoms with van der Waals surface area (Å²) in [4.78, 5) is 0. The van der Waals surface area contributed by atoms with Crippen LogP contribution >= 0.6 is 0 Å². The van der Waals surface area contributed by atoms with Gasteiger partial charge >= 0.3 is 0 Å². The van der Waals surface area contributed by atoms with E-state index in [4.69, 9.17) is 4.74 Å². The molecule has 0 atom stereocenters. The normalized spacial score (nSPS) is 14.2. The lowest BCUT2D eigenvalue weighted by Gasteiger charge is -2.08. The van der Waals surface area contributed by atoms with E-state index in [1.165, 1.54) is 12.1 Å². The van der Waals surface area contributed by atoms with Crippen molar-refractivity contribution in [3.63, 3.8) is 0 Å². The Morgan fingerprint density at radius 2 is 1.96 bits per heavy atom. The van der Waals surface area contributed by atoms with Crippen molar-refractivity contribution in [1.29, 1.82) is 0 Å². The Hall–Kier alpha value is -1.73. The second kappa shape index (κ2) is 7.25. The third-order valence-corrected chi connectivity index (χ3v) is 5.79. The average molecular weight is 366 g/mol. The van der Waals surface area contributed by atoms with E-state index in [0.29, 0.717) is 5.69 Å². The van der Waals surface area contributed by atoms with Gasteiger partial charge < -0.3 is 4.74 Å². The maximum absolute atomic E-state index is 13.2. The van der Waals surface area contributed by atoms with Crippen molar-refractivity contribution in [3.05, 3.63) is 47.0 Å². The summed E-state index contributed by atoms with van der Waals surface area (Å²) in [5, 5.41) is 4.53. The number of sulfone groups is 1. The van der Waals surface area contributed by atoms with Gasteiger partial charge in [-0.25, -0.2) is 17.5 Å². The van der Waals surface area contributed by atoms with Gasteiger partial charge in [-0.3, -0.25) is 0 Å². The van der Waals surface area contributed by atoms with E-state index in [9.17, 15) is 12.8 Å². The molecule has 1 heterocycles. The van der Waals surface area contributed by atoms with E-state index in [-0.39, 0.29) is 30.0 Å². The molecule has 2 aromatic rings. The van der Waals surface area contributed by atoms with Crippen molar-refractivity contribution in [1.82, 2.24) is 9.78 Å². The van der Waals surface area contributed by atoms with Gasteiger partial charge in [-0.15, -0.1) is 0 Å². The third-order valence-electron chi connectivity index (χ3n) is 4.29. The van der Waals surface area contributed by atoms with Crippen LogP contribution in [0.3, 0.4) is 0 Å². The Kier molecular flexibility index (Phi) is 5.24. The second-order valence-electron chi connectivity index (χ2n) is 6.63. The lowest BCUT2D eigenvalue weighted by atomic mass is 10.2. The molecule has 1 aliphatic rings. The quantitative estimate of drug-likeness (QED) is 0.756. The van der Waals surface area contributed by atoms with E-state index in [2.05, 4.69) is 5.10 Å². The molecule has 0 saturated heterocycles. The summed E-state index contributed by atoms with van der Waals surface area (Å²) < 4.78 is 45.1. The van der Waals surface area contributed by atoms with Gasteiger partial charge in [0.25, 0.3) is 0 Å². The lowest BCUT2D eigenvalue weighted by Crippen LogP contribution is -2.17. The van der Waals surface area contributed by atoms with Gasteiger partial charge in [0.05, 0.1) is 35.6 Å². The number of aromatic nitrogens is 2. The first kappa shape index (κ1) is 18.1. The zero-order valence-corrected chi connectivity index (χ0v) is 15.4. The first-order valence-corrected chi connectivity index (χ1v) is 10.4. The van der Waals surface area contributed by atoms with Crippen LogP contribution in [0.2, 0.25) is 0 Å². The molecule has 1 aromatic heterocycles. The fourth-order valence-corrected chi connectivity index (χ4v) is 4.26. The molecule has 0 unspecified atom stereocenters. The van der Waals surface area contributed by atoms with Crippen LogP contribution in [0, 0.1) is 5.82 Å². The van der Waals surface area contributed by atoms with E-state index in [0.717, 1.165) is 36.2 Å². The van der Waals surface area contributed by atoms with E-state index >= 15 is 0 Å². The maximum Gasteiger partial charge on any atom is 0.158 e. The Morgan fingerprint density at radius 1 is 1.24 bits per heavy atom. The van der Waals surface area contributed by atoms with Crippen LogP contribution in [0.1, 0.15) is 37.2 Å². The number of hydrogen-bond acceptors (Lipinski definition) is 4. The fraction of sp³-hybridized carbons (Fsp3) is 0.500. The summed E-state index contributed by atoms with van der Waals surface area (Å²) in [5.74, 6) is -0.394. The molecule has 0 N–H and O–H groups in total. The fourth-order valence-electron chi connectivity index (χ4n) is 3.12. The second-order valence-corrected chi connectivity index (χ2v) is 8.81. The first-order chi connectivity index (χ1) is 11.9. The van der Waals surface area contributed by atoms with Crippen molar-refractivity contribution < 1.29 is 17.5 Å². The highest BCUT2D eigenvalue weighted by Crippen LogP contribution is 2.29. The van der Waals surface area contributed by atoms with Crippen LogP contribution in [0.25, 0.3) is 5.69 Å².